The number of ether oxygens (including phenoxy) is 1. The van der Waals surface area contributed by atoms with Gasteiger partial charge < -0.3 is 13.8 Å². The van der Waals surface area contributed by atoms with E-state index in [2.05, 4.69) is 0 Å². The van der Waals surface area contributed by atoms with Crippen molar-refractivity contribution in [2.45, 2.75) is 26.4 Å². The molecule has 0 saturated carbocycles. The van der Waals surface area contributed by atoms with Crippen molar-refractivity contribution in [1.82, 2.24) is 0 Å². The van der Waals surface area contributed by atoms with Crippen molar-refractivity contribution < 1.29 is 18.3 Å². The summed E-state index contributed by atoms with van der Waals surface area (Å²) in [4.78, 5) is 0. The monoisotopic (exact) mass is 336 g/mol. The van der Waals surface area contributed by atoms with E-state index in [4.69, 9.17) is 13.8 Å². The van der Waals surface area contributed by atoms with Gasteiger partial charge in [0.2, 0.25) is 0 Å². The Balaban J connectivity index is 3.32. The molecule has 124 valence electrons. The van der Waals surface area contributed by atoms with E-state index in [1.165, 1.54) is 0 Å². The molecular weight excluding hydrogens is 315 g/mol. The van der Waals surface area contributed by atoms with Gasteiger partial charge in [0.1, 0.15) is 11.4 Å². The molecule has 0 radical (unpaired) electrons. The summed E-state index contributed by atoms with van der Waals surface area (Å²) in [5.41, 5.74) is -0.417. The SMILES string of the molecule is CCOc1ccc(C(C(C#N)C#N)P(=O)(OCC)OCC)cc1. The van der Waals surface area contributed by atoms with Gasteiger partial charge >= 0.3 is 7.60 Å². The van der Waals surface area contributed by atoms with Crippen molar-refractivity contribution in [3.05, 3.63) is 29.8 Å². The Morgan fingerprint density at radius 2 is 1.52 bits per heavy atom. The quantitative estimate of drug-likeness (QED) is 0.631. The Hall–Kier alpha value is -1.85. The molecule has 0 aliphatic carbocycles. The molecule has 1 unspecified atom stereocenters. The second-order valence-corrected chi connectivity index (χ2v) is 6.71. The molecule has 0 N–H and O–H groups in total. The molecule has 0 aromatic heterocycles. The summed E-state index contributed by atoms with van der Waals surface area (Å²) in [6, 6.07) is 10.6. The minimum atomic E-state index is -3.66. The Kier molecular flexibility index (Phi) is 7.78. The number of rotatable bonds is 9. The number of hydrogen-bond donors (Lipinski definition) is 0. The first-order valence-electron chi connectivity index (χ1n) is 7.47. The Bertz CT molecular complexity index is 594. The van der Waals surface area contributed by atoms with Crippen molar-refractivity contribution in [3.63, 3.8) is 0 Å². The smallest absolute Gasteiger partial charge is 0.340 e. The van der Waals surface area contributed by atoms with E-state index < -0.39 is 19.2 Å². The Morgan fingerprint density at radius 3 is 1.91 bits per heavy atom. The highest BCUT2D eigenvalue weighted by Crippen LogP contribution is 2.63. The van der Waals surface area contributed by atoms with E-state index in [9.17, 15) is 15.1 Å². The van der Waals surface area contributed by atoms with E-state index in [1.54, 1.807) is 38.1 Å². The summed E-state index contributed by atoms with van der Waals surface area (Å²) in [5.74, 6) is -0.486. The second kappa shape index (κ2) is 9.33. The summed E-state index contributed by atoms with van der Waals surface area (Å²) >= 11 is 0. The Labute approximate surface area is 137 Å². The lowest BCUT2D eigenvalue weighted by Crippen LogP contribution is -2.14. The van der Waals surface area contributed by atoms with Crippen molar-refractivity contribution in [3.8, 4) is 17.9 Å². The van der Waals surface area contributed by atoms with Gasteiger partial charge in [0, 0.05) is 0 Å². The highest BCUT2D eigenvalue weighted by atomic mass is 31.2. The third-order valence-electron chi connectivity index (χ3n) is 3.09. The van der Waals surface area contributed by atoms with Crippen LogP contribution in [0.4, 0.5) is 0 Å². The Morgan fingerprint density at radius 1 is 1.00 bits per heavy atom. The van der Waals surface area contributed by atoms with Crippen LogP contribution in [0.1, 0.15) is 32.0 Å². The molecule has 23 heavy (non-hydrogen) atoms. The van der Waals surface area contributed by atoms with Crippen molar-refractivity contribution in [1.29, 1.82) is 10.5 Å². The van der Waals surface area contributed by atoms with E-state index >= 15 is 0 Å². The molecule has 0 saturated heterocycles. The van der Waals surface area contributed by atoms with Crippen LogP contribution in [0, 0.1) is 28.6 Å². The lowest BCUT2D eigenvalue weighted by molar-refractivity contribution is 0.209. The van der Waals surface area contributed by atoms with E-state index in [-0.39, 0.29) is 13.2 Å². The van der Waals surface area contributed by atoms with Crippen LogP contribution < -0.4 is 4.74 Å². The van der Waals surface area contributed by atoms with Gasteiger partial charge in [0.15, 0.2) is 5.92 Å². The lowest BCUT2D eigenvalue weighted by Gasteiger charge is -2.27. The normalized spacial score (nSPS) is 12.4. The molecule has 0 amide bonds. The molecular formula is C16H21N2O4P. The summed E-state index contributed by atoms with van der Waals surface area (Å²) in [6.45, 7) is 6.10. The maximum atomic E-state index is 13.1. The maximum absolute atomic E-state index is 13.1. The molecule has 7 heteroatoms. The first-order chi connectivity index (χ1) is 11.1. The molecule has 1 rings (SSSR count). The summed E-state index contributed by atoms with van der Waals surface area (Å²) in [7, 11) is -3.66. The standard InChI is InChI=1S/C16H21N2O4P/c1-4-20-15-9-7-13(8-10-15)16(14(11-17)12-18)23(19,21-5-2)22-6-3/h7-10,14,16H,4-6H2,1-3H3. The highest BCUT2D eigenvalue weighted by Gasteiger charge is 2.43. The van der Waals surface area contributed by atoms with Crippen LogP contribution >= 0.6 is 7.60 Å². The molecule has 0 aliphatic heterocycles. The number of nitrogens with zero attached hydrogens (tertiary/aromatic N) is 2. The summed E-state index contributed by atoms with van der Waals surface area (Å²) in [6.07, 6.45) is 0. The van der Waals surface area contributed by atoms with Crippen LogP contribution in [0.3, 0.4) is 0 Å². The molecule has 1 aromatic carbocycles. The predicted octanol–water partition coefficient (Wildman–Crippen LogP) is 4.06. The third-order valence-corrected chi connectivity index (χ3v) is 5.60. The molecule has 1 atom stereocenters. The fourth-order valence-corrected chi connectivity index (χ4v) is 4.36. The van der Waals surface area contributed by atoms with Crippen molar-refractivity contribution in [2.75, 3.05) is 19.8 Å². The second-order valence-electron chi connectivity index (χ2n) is 4.56. The predicted molar refractivity (Wildman–Crippen MR) is 85.9 cm³/mol. The zero-order valence-corrected chi connectivity index (χ0v) is 14.5. The van der Waals surface area contributed by atoms with Crippen LogP contribution in [0.25, 0.3) is 0 Å². The lowest BCUT2D eigenvalue weighted by atomic mass is 10.0. The maximum Gasteiger partial charge on any atom is 0.340 e. The summed E-state index contributed by atoms with van der Waals surface area (Å²) < 4.78 is 29.2. The molecule has 0 heterocycles. The van der Waals surface area contributed by atoms with Gasteiger partial charge in [0.25, 0.3) is 0 Å². The van der Waals surface area contributed by atoms with Crippen LogP contribution in [-0.2, 0) is 13.6 Å². The summed E-state index contributed by atoms with van der Waals surface area (Å²) in [5, 5.41) is 18.5. The molecule has 0 fully saturated rings. The van der Waals surface area contributed by atoms with Crippen LogP contribution in [0.5, 0.6) is 5.75 Å². The molecule has 0 spiro atoms. The molecule has 6 nitrogen and oxygen atoms in total. The average Bonchev–Trinajstić information content (AvgIpc) is 2.54. The molecule has 0 aliphatic rings. The topological polar surface area (TPSA) is 92.3 Å². The first-order valence-corrected chi connectivity index (χ1v) is 9.08. The average molecular weight is 336 g/mol. The van der Waals surface area contributed by atoms with Crippen LogP contribution in [0.15, 0.2) is 24.3 Å². The molecule has 1 aromatic rings. The fourth-order valence-electron chi connectivity index (χ4n) is 2.21. The first kappa shape index (κ1) is 19.2. The van der Waals surface area contributed by atoms with Crippen LogP contribution in [-0.4, -0.2) is 19.8 Å². The number of hydrogen-bond acceptors (Lipinski definition) is 6. The number of benzene rings is 1. The van der Waals surface area contributed by atoms with Gasteiger partial charge in [-0.05, 0) is 38.5 Å². The van der Waals surface area contributed by atoms with Gasteiger partial charge in [-0.15, -0.1) is 0 Å². The van der Waals surface area contributed by atoms with E-state index in [0.29, 0.717) is 17.9 Å². The van der Waals surface area contributed by atoms with Crippen molar-refractivity contribution >= 4 is 7.60 Å². The number of nitriles is 2. The van der Waals surface area contributed by atoms with Gasteiger partial charge in [-0.1, -0.05) is 12.1 Å². The van der Waals surface area contributed by atoms with Gasteiger partial charge in [-0.25, -0.2) is 0 Å². The fraction of sp³-hybridized carbons (Fsp3) is 0.500. The van der Waals surface area contributed by atoms with Gasteiger partial charge in [-0.3, -0.25) is 4.57 Å². The highest BCUT2D eigenvalue weighted by molar-refractivity contribution is 7.54. The van der Waals surface area contributed by atoms with E-state index in [1.807, 2.05) is 19.1 Å². The van der Waals surface area contributed by atoms with Crippen LogP contribution in [0.2, 0.25) is 0 Å². The zero-order chi connectivity index (χ0) is 17.3. The van der Waals surface area contributed by atoms with Gasteiger partial charge in [0.05, 0.1) is 32.0 Å². The minimum absolute atomic E-state index is 0.161. The van der Waals surface area contributed by atoms with Gasteiger partial charge in [-0.2, -0.15) is 10.5 Å². The third kappa shape index (κ3) is 4.81. The van der Waals surface area contributed by atoms with Crippen molar-refractivity contribution in [2.24, 2.45) is 5.92 Å². The van der Waals surface area contributed by atoms with E-state index in [0.717, 1.165) is 0 Å². The minimum Gasteiger partial charge on any atom is -0.494 e. The zero-order valence-electron chi connectivity index (χ0n) is 13.6. The molecule has 0 bridgehead atoms. The largest absolute Gasteiger partial charge is 0.494 e.